The average molecular weight is 380 g/mol. The van der Waals surface area contributed by atoms with Crippen LogP contribution in [0, 0.1) is 16.7 Å². The maximum Gasteiger partial charge on any atom is 0.126 e. The van der Waals surface area contributed by atoms with Gasteiger partial charge in [-0.2, -0.15) is 0 Å². The number of hydrogen-bond donors (Lipinski definition) is 4. The van der Waals surface area contributed by atoms with E-state index >= 15 is 0 Å². The predicted octanol–water partition coefficient (Wildman–Crippen LogP) is 2.76. The Balaban J connectivity index is 1.52. The lowest BCUT2D eigenvalue weighted by Gasteiger charge is -2.31. The Morgan fingerprint density at radius 2 is 2.14 bits per heavy atom. The third kappa shape index (κ3) is 2.88. The number of benzene rings is 1. The van der Waals surface area contributed by atoms with Gasteiger partial charge in [-0.15, -0.1) is 0 Å². The minimum Gasteiger partial charge on any atom is -0.390 e. The van der Waals surface area contributed by atoms with E-state index in [1.807, 2.05) is 13.1 Å². The first-order valence-electron chi connectivity index (χ1n) is 9.81. The van der Waals surface area contributed by atoms with Crippen LogP contribution in [0.2, 0.25) is 0 Å². The van der Waals surface area contributed by atoms with Crippen LogP contribution in [0.5, 0.6) is 0 Å². The molecule has 0 spiro atoms. The molecule has 2 aromatic rings. The number of aromatic nitrogens is 1. The highest BCUT2D eigenvalue weighted by Gasteiger charge is 2.71. The summed E-state index contributed by atoms with van der Waals surface area (Å²) < 4.78 is 0. The fourth-order valence-corrected chi connectivity index (χ4v) is 5.03. The van der Waals surface area contributed by atoms with Gasteiger partial charge in [0, 0.05) is 17.8 Å². The van der Waals surface area contributed by atoms with E-state index in [0.29, 0.717) is 5.84 Å². The minimum atomic E-state index is -0.853. The van der Waals surface area contributed by atoms with Gasteiger partial charge in [0.15, 0.2) is 0 Å². The molecule has 2 fully saturated rings. The molecule has 4 N–H and O–H groups in total. The van der Waals surface area contributed by atoms with Crippen LogP contribution in [0.4, 0.5) is 5.82 Å². The minimum absolute atomic E-state index is 0.185. The Hall–Kier alpha value is -2.44. The molecule has 0 amide bonds. The molecule has 6 heteroatoms. The van der Waals surface area contributed by atoms with Gasteiger partial charge in [0.25, 0.3) is 0 Å². The first kappa shape index (κ1) is 18.9. The van der Waals surface area contributed by atoms with Crippen molar-refractivity contribution in [1.29, 1.82) is 5.41 Å². The number of anilines is 1. The predicted molar refractivity (Wildman–Crippen MR) is 111 cm³/mol. The van der Waals surface area contributed by atoms with Crippen LogP contribution < -0.4 is 5.32 Å². The van der Waals surface area contributed by atoms with Crippen LogP contribution in [0.15, 0.2) is 43.1 Å². The highest BCUT2D eigenvalue weighted by atomic mass is 16.3. The van der Waals surface area contributed by atoms with Crippen molar-refractivity contribution >= 4 is 22.6 Å². The molecule has 4 rings (SSSR count). The number of fused-ring (bicyclic) bond motifs is 2. The molecule has 1 heterocycles. The zero-order chi connectivity index (χ0) is 20.1. The van der Waals surface area contributed by atoms with Gasteiger partial charge in [-0.1, -0.05) is 18.7 Å². The summed E-state index contributed by atoms with van der Waals surface area (Å²) in [7, 11) is 1.86. The highest BCUT2D eigenvalue weighted by Crippen LogP contribution is 2.66. The second kappa shape index (κ2) is 6.87. The fraction of sp³-hybridized carbons (Fsp3) is 0.455. The standard InChI is InChI=1S/C22H28N4O2/c1-4-26(13(2)23)19-16-12-22(16,21(28)20(19)27)10-9-14-5-6-15-7-8-18(24-3)25-17(15)11-14/h4-8,11,16,19-21,23,27-28H,1,9-10,12H2,2-3H3,(H,24,25)/t16-,19-,20+,21+,22?/m1/s1. The molecular weight excluding hydrogens is 352 g/mol. The third-order valence-electron chi connectivity index (χ3n) is 6.65. The molecule has 28 heavy (non-hydrogen) atoms. The van der Waals surface area contributed by atoms with Crippen LogP contribution in [-0.4, -0.2) is 51.2 Å². The summed E-state index contributed by atoms with van der Waals surface area (Å²) in [5, 5.41) is 33.5. The Bertz CT molecular complexity index is 930. The summed E-state index contributed by atoms with van der Waals surface area (Å²) in [6.45, 7) is 5.46. The SMILES string of the molecule is C=CN(C(C)=N)[C@H]1[C@H](O)[C@H](O)C2(CCc3ccc4ccc(NC)nc4c3)C[C@H]12. The number of hydrogen-bond acceptors (Lipinski definition) is 5. The van der Waals surface area contributed by atoms with E-state index in [2.05, 4.69) is 41.1 Å². The summed E-state index contributed by atoms with van der Waals surface area (Å²) in [4.78, 5) is 6.31. The van der Waals surface area contributed by atoms with Crippen LogP contribution in [0.1, 0.15) is 25.3 Å². The zero-order valence-corrected chi connectivity index (χ0v) is 16.4. The summed E-state index contributed by atoms with van der Waals surface area (Å²) in [6, 6.07) is 10.1. The van der Waals surface area contributed by atoms with Crippen molar-refractivity contribution in [2.75, 3.05) is 12.4 Å². The van der Waals surface area contributed by atoms with Gasteiger partial charge in [-0.3, -0.25) is 5.41 Å². The van der Waals surface area contributed by atoms with E-state index in [4.69, 9.17) is 5.41 Å². The van der Waals surface area contributed by atoms with E-state index in [0.717, 1.165) is 36.0 Å². The van der Waals surface area contributed by atoms with E-state index < -0.39 is 12.2 Å². The molecule has 2 aliphatic carbocycles. The summed E-state index contributed by atoms with van der Waals surface area (Å²) in [6.07, 6.45) is 2.49. The second-order valence-electron chi connectivity index (χ2n) is 8.12. The van der Waals surface area contributed by atoms with E-state index in [1.165, 1.54) is 5.56 Å². The van der Waals surface area contributed by atoms with E-state index in [1.54, 1.807) is 18.0 Å². The summed E-state index contributed by atoms with van der Waals surface area (Å²) in [5.74, 6) is 1.37. The quantitative estimate of drug-likeness (QED) is 0.457. The monoisotopic (exact) mass is 380 g/mol. The van der Waals surface area contributed by atoms with Crippen molar-refractivity contribution in [2.24, 2.45) is 11.3 Å². The molecule has 1 aromatic carbocycles. The summed E-state index contributed by atoms with van der Waals surface area (Å²) in [5.41, 5.74) is 1.87. The molecule has 2 saturated carbocycles. The lowest BCUT2D eigenvalue weighted by Crippen LogP contribution is -2.45. The number of amidine groups is 1. The smallest absolute Gasteiger partial charge is 0.126 e. The Morgan fingerprint density at radius 3 is 2.82 bits per heavy atom. The fourth-order valence-electron chi connectivity index (χ4n) is 5.03. The van der Waals surface area contributed by atoms with Crippen LogP contribution >= 0.6 is 0 Å². The number of rotatable bonds is 6. The molecule has 5 atom stereocenters. The second-order valence-corrected chi connectivity index (χ2v) is 8.12. The van der Waals surface area contributed by atoms with Crippen molar-refractivity contribution < 1.29 is 10.2 Å². The van der Waals surface area contributed by atoms with E-state index in [9.17, 15) is 10.2 Å². The normalized spacial score (nSPS) is 30.7. The molecule has 6 nitrogen and oxygen atoms in total. The first-order chi connectivity index (χ1) is 13.4. The van der Waals surface area contributed by atoms with Gasteiger partial charge in [0.05, 0.1) is 23.5 Å². The zero-order valence-electron chi connectivity index (χ0n) is 16.4. The van der Waals surface area contributed by atoms with E-state index in [-0.39, 0.29) is 17.4 Å². The number of aliphatic hydroxyl groups excluding tert-OH is 2. The maximum absolute atomic E-state index is 10.8. The largest absolute Gasteiger partial charge is 0.390 e. The third-order valence-corrected chi connectivity index (χ3v) is 6.65. The average Bonchev–Trinajstić information content (AvgIpc) is 3.38. The van der Waals surface area contributed by atoms with Gasteiger partial charge >= 0.3 is 0 Å². The topological polar surface area (TPSA) is 92.5 Å². The van der Waals surface area contributed by atoms with Gasteiger partial charge in [0.2, 0.25) is 0 Å². The van der Waals surface area contributed by atoms with Gasteiger partial charge < -0.3 is 20.4 Å². The van der Waals surface area contributed by atoms with Gasteiger partial charge in [-0.25, -0.2) is 4.98 Å². The molecule has 0 aliphatic heterocycles. The van der Waals surface area contributed by atoms with Crippen molar-refractivity contribution in [2.45, 2.75) is 44.4 Å². The molecule has 0 saturated heterocycles. The lowest BCUT2D eigenvalue weighted by molar-refractivity contribution is -0.0218. The number of nitrogens with one attached hydrogen (secondary N) is 2. The van der Waals surface area contributed by atoms with Crippen LogP contribution in [0.3, 0.4) is 0 Å². The molecule has 0 bridgehead atoms. The molecular formula is C22H28N4O2. The van der Waals surface area contributed by atoms with Crippen molar-refractivity contribution in [3.8, 4) is 0 Å². The molecule has 2 aliphatic rings. The number of aliphatic hydroxyl groups is 2. The van der Waals surface area contributed by atoms with Gasteiger partial charge in [0.1, 0.15) is 11.9 Å². The molecule has 1 aromatic heterocycles. The molecule has 0 radical (unpaired) electrons. The highest BCUT2D eigenvalue weighted by molar-refractivity contribution is 5.81. The Labute approximate surface area is 165 Å². The van der Waals surface area contributed by atoms with Crippen molar-refractivity contribution in [1.82, 2.24) is 9.88 Å². The molecule has 1 unspecified atom stereocenters. The maximum atomic E-state index is 10.8. The molecule has 148 valence electrons. The lowest BCUT2D eigenvalue weighted by atomic mass is 9.91. The number of nitrogens with zero attached hydrogens (tertiary/aromatic N) is 2. The van der Waals surface area contributed by atoms with Crippen molar-refractivity contribution in [3.05, 3.63) is 48.7 Å². The first-order valence-corrected chi connectivity index (χ1v) is 9.81. The summed E-state index contributed by atoms with van der Waals surface area (Å²) >= 11 is 0. The Kier molecular flexibility index (Phi) is 4.63. The van der Waals surface area contributed by atoms with Crippen LogP contribution in [-0.2, 0) is 6.42 Å². The number of pyridine rings is 1. The van der Waals surface area contributed by atoms with Crippen LogP contribution in [0.25, 0.3) is 10.9 Å². The Morgan fingerprint density at radius 1 is 1.39 bits per heavy atom. The van der Waals surface area contributed by atoms with Gasteiger partial charge in [-0.05, 0) is 62.1 Å². The van der Waals surface area contributed by atoms with Crippen molar-refractivity contribution in [3.63, 3.8) is 0 Å². The number of aryl methyl sites for hydroxylation is 1.